The molecule has 1 heteroatoms. The van der Waals surface area contributed by atoms with E-state index in [1.807, 2.05) is 0 Å². The van der Waals surface area contributed by atoms with Crippen molar-refractivity contribution in [2.24, 2.45) is 0 Å². The van der Waals surface area contributed by atoms with Crippen LogP contribution in [0.5, 0.6) is 0 Å². The minimum Gasteiger partial charge on any atom is -0.313 e. The van der Waals surface area contributed by atoms with Crippen molar-refractivity contribution in [2.75, 3.05) is 13.1 Å². The summed E-state index contributed by atoms with van der Waals surface area (Å²) >= 11 is 0. The number of rotatable bonds is 7. The molecule has 0 fully saturated rings. The summed E-state index contributed by atoms with van der Waals surface area (Å²) < 4.78 is 0. The molecule has 0 amide bonds. The molecule has 0 aliphatic carbocycles. The predicted molar refractivity (Wildman–Crippen MR) is 108 cm³/mol. The molecule has 0 aliphatic rings. The SMILES string of the molecule is CC(CNCC=C(c1ccccc1)c1ccccc1)c1ccccc1. The van der Waals surface area contributed by atoms with Crippen molar-refractivity contribution in [1.82, 2.24) is 5.32 Å². The largest absolute Gasteiger partial charge is 0.313 e. The van der Waals surface area contributed by atoms with Crippen molar-refractivity contribution < 1.29 is 0 Å². The van der Waals surface area contributed by atoms with E-state index in [0.717, 1.165) is 13.1 Å². The molecule has 3 aromatic rings. The average molecular weight is 327 g/mol. The molecule has 0 saturated carbocycles. The van der Waals surface area contributed by atoms with Crippen molar-refractivity contribution in [3.05, 3.63) is 114 Å². The zero-order valence-electron chi connectivity index (χ0n) is 14.7. The van der Waals surface area contributed by atoms with Crippen molar-refractivity contribution in [3.63, 3.8) is 0 Å². The summed E-state index contributed by atoms with van der Waals surface area (Å²) in [6, 6.07) is 31.9. The molecule has 3 aromatic carbocycles. The van der Waals surface area contributed by atoms with Gasteiger partial charge in [-0.05, 0) is 28.2 Å². The van der Waals surface area contributed by atoms with Crippen LogP contribution in [0, 0.1) is 0 Å². The first kappa shape index (κ1) is 17.2. The Morgan fingerprint density at radius 2 is 1.24 bits per heavy atom. The highest BCUT2D eigenvalue weighted by molar-refractivity contribution is 5.79. The maximum absolute atomic E-state index is 3.58. The Labute approximate surface area is 151 Å². The zero-order chi connectivity index (χ0) is 17.3. The molecule has 1 unspecified atom stereocenters. The zero-order valence-corrected chi connectivity index (χ0v) is 14.7. The van der Waals surface area contributed by atoms with Crippen molar-refractivity contribution >= 4 is 5.57 Å². The van der Waals surface area contributed by atoms with E-state index in [-0.39, 0.29) is 0 Å². The van der Waals surface area contributed by atoms with E-state index in [1.54, 1.807) is 0 Å². The van der Waals surface area contributed by atoms with Gasteiger partial charge in [0.1, 0.15) is 0 Å². The minimum atomic E-state index is 0.506. The van der Waals surface area contributed by atoms with Crippen LogP contribution >= 0.6 is 0 Å². The summed E-state index contributed by atoms with van der Waals surface area (Å²) in [4.78, 5) is 0. The molecule has 25 heavy (non-hydrogen) atoms. The first-order valence-corrected chi connectivity index (χ1v) is 8.91. The molecule has 0 aliphatic heterocycles. The second-order valence-corrected chi connectivity index (χ2v) is 6.32. The Bertz CT molecular complexity index is 735. The van der Waals surface area contributed by atoms with Crippen molar-refractivity contribution in [2.45, 2.75) is 12.8 Å². The quantitative estimate of drug-likeness (QED) is 0.564. The second kappa shape index (κ2) is 9.00. The highest BCUT2D eigenvalue weighted by Gasteiger charge is 2.05. The monoisotopic (exact) mass is 327 g/mol. The molecule has 1 nitrogen and oxygen atoms in total. The summed E-state index contributed by atoms with van der Waals surface area (Å²) in [6.45, 7) is 4.09. The van der Waals surface area contributed by atoms with Gasteiger partial charge in [-0.3, -0.25) is 0 Å². The fraction of sp³-hybridized carbons (Fsp3) is 0.167. The number of hydrogen-bond acceptors (Lipinski definition) is 1. The first-order valence-electron chi connectivity index (χ1n) is 8.91. The van der Waals surface area contributed by atoms with Gasteiger partial charge in [0.15, 0.2) is 0 Å². The molecule has 0 bridgehead atoms. The summed E-state index contributed by atoms with van der Waals surface area (Å²) in [7, 11) is 0. The van der Waals surface area contributed by atoms with E-state index < -0.39 is 0 Å². The molecular weight excluding hydrogens is 302 g/mol. The van der Waals surface area contributed by atoms with Crippen LogP contribution in [-0.2, 0) is 0 Å². The highest BCUT2D eigenvalue weighted by atomic mass is 14.8. The number of nitrogens with one attached hydrogen (secondary N) is 1. The number of benzene rings is 3. The Hall–Kier alpha value is -2.64. The van der Waals surface area contributed by atoms with E-state index in [2.05, 4.69) is 109 Å². The van der Waals surface area contributed by atoms with Crippen LogP contribution in [0.3, 0.4) is 0 Å². The Morgan fingerprint density at radius 3 is 1.76 bits per heavy atom. The molecule has 0 heterocycles. The lowest BCUT2D eigenvalue weighted by Gasteiger charge is -2.13. The third kappa shape index (κ3) is 4.91. The van der Waals surface area contributed by atoms with Crippen LogP contribution in [0.25, 0.3) is 5.57 Å². The van der Waals surface area contributed by atoms with Gasteiger partial charge in [0.05, 0.1) is 0 Å². The van der Waals surface area contributed by atoms with E-state index >= 15 is 0 Å². The molecule has 0 spiro atoms. The summed E-state index contributed by atoms with van der Waals surface area (Å²) in [5, 5.41) is 3.58. The van der Waals surface area contributed by atoms with E-state index in [1.165, 1.54) is 22.3 Å². The standard InChI is InChI=1S/C24H25N/c1-20(21-11-5-2-6-12-21)19-25-18-17-24(22-13-7-3-8-14-22)23-15-9-4-10-16-23/h2-17,20,25H,18-19H2,1H3. The lowest BCUT2D eigenvalue weighted by Crippen LogP contribution is -2.20. The smallest absolute Gasteiger partial charge is 0.0144 e. The van der Waals surface area contributed by atoms with Crippen LogP contribution in [-0.4, -0.2) is 13.1 Å². The Kier molecular flexibility index (Phi) is 6.19. The van der Waals surface area contributed by atoms with Crippen molar-refractivity contribution in [3.8, 4) is 0 Å². The van der Waals surface area contributed by atoms with E-state index in [9.17, 15) is 0 Å². The third-order valence-electron chi connectivity index (χ3n) is 4.44. The van der Waals surface area contributed by atoms with Crippen molar-refractivity contribution in [1.29, 1.82) is 0 Å². The molecule has 3 rings (SSSR count). The summed E-state index contributed by atoms with van der Waals surface area (Å²) in [5.74, 6) is 0.506. The molecule has 0 aromatic heterocycles. The van der Waals surface area contributed by atoms with Gasteiger partial charge in [0, 0.05) is 13.1 Å². The first-order chi connectivity index (χ1) is 12.3. The van der Waals surface area contributed by atoms with Gasteiger partial charge in [-0.2, -0.15) is 0 Å². The normalized spacial score (nSPS) is 11.7. The summed E-state index contributed by atoms with van der Waals surface area (Å²) in [5.41, 5.74) is 5.17. The van der Waals surface area contributed by atoms with Gasteiger partial charge >= 0.3 is 0 Å². The van der Waals surface area contributed by atoms with Crippen LogP contribution in [0.2, 0.25) is 0 Å². The van der Waals surface area contributed by atoms with Gasteiger partial charge in [-0.15, -0.1) is 0 Å². The van der Waals surface area contributed by atoms with Gasteiger partial charge in [0.2, 0.25) is 0 Å². The van der Waals surface area contributed by atoms with Gasteiger partial charge in [-0.1, -0.05) is 104 Å². The second-order valence-electron chi connectivity index (χ2n) is 6.32. The van der Waals surface area contributed by atoms with Crippen LogP contribution < -0.4 is 5.32 Å². The summed E-state index contributed by atoms with van der Waals surface area (Å²) in [6.07, 6.45) is 2.29. The topological polar surface area (TPSA) is 12.0 Å². The lowest BCUT2D eigenvalue weighted by molar-refractivity contribution is 0.651. The van der Waals surface area contributed by atoms with Gasteiger partial charge in [-0.25, -0.2) is 0 Å². The van der Waals surface area contributed by atoms with E-state index in [4.69, 9.17) is 0 Å². The van der Waals surface area contributed by atoms with Gasteiger partial charge < -0.3 is 5.32 Å². The molecule has 126 valence electrons. The average Bonchev–Trinajstić information content (AvgIpc) is 2.70. The molecule has 0 radical (unpaired) electrons. The van der Waals surface area contributed by atoms with Crippen LogP contribution in [0.1, 0.15) is 29.5 Å². The van der Waals surface area contributed by atoms with Gasteiger partial charge in [0.25, 0.3) is 0 Å². The van der Waals surface area contributed by atoms with Crippen LogP contribution in [0.15, 0.2) is 97.1 Å². The number of hydrogen-bond donors (Lipinski definition) is 1. The fourth-order valence-corrected chi connectivity index (χ4v) is 3.01. The fourth-order valence-electron chi connectivity index (χ4n) is 3.01. The molecule has 1 atom stereocenters. The highest BCUT2D eigenvalue weighted by Crippen LogP contribution is 2.22. The predicted octanol–water partition coefficient (Wildman–Crippen LogP) is 5.51. The Morgan fingerprint density at radius 1 is 0.760 bits per heavy atom. The Balaban J connectivity index is 1.68. The molecule has 1 N–H and O–H groups in total. The maximum Gasteiger partial charge on any atom is 0.0144 e. The third-order valence-corrected chi connectivity index (χ3v) is 4.44. The minimum absolute atomic E-state index is 0.506. The maximum atomic E-state index is 3.58. The van der Waals surface area contributed by atoms with Crippen LogP contribution in [0.4, 0.5) is 0 Å². The molecule has 0 saturated heterocycles. The lowest BCUT2D eigenvalue weighted by atomic mass is 9.97. The molecular formula is C24H25N. The van der Waals surface area contributed by atoms with E-state index in [0.29, 0.717) is 5.92 Å².